The highest BCUT2D eigenvalue weighted by atomic mass is 32.1. The van der Waals surface area contributed by atoms with Crippen LogP contribution in [0.2, 0.25) is 0 Å². The number of amides is 1. The number of nitrogens with zero attached hydrogens (tertiary/aromatic N) is 2. The maximum atomic E-state index is 14.1. The molecular formula is C22H23FN4O4S. The molecule has 2 aromatic heterocycles. The molecule has 0 radical (unpaired) electrons. The van der Waals surface area contributed by atoms with Gasteiger partial charge in [0.1, 0.15) is 34.6 Å². The molecule has 1 aliphatic heterocycles. The molecule has 1 aromatic carbocycles. The second-order valence-electron chi connectivity index (χ2n) is 8.51. The summed E-state index contributed by atoms with van der Waals surface area (Å²) >= 11 is 1.21. The fraction of sp³-hybridized carbons (Fsp3) is 0.409. The number of hydrogen-bond donors (Lipinski definition) is 2. The molecule has 1 amide bonds. The van der Waals surface area contributed by atoms with Gasteiger partial charge in [0.15, 0.2) is 5.79 Å². The molecule has 1 saturated heterocycles. The molecule has 10 heteroatoms. The first kappa shape index (κ1) is 21.0. The fourth-order valence-corrected chi connectivity index (χ4v) is 5.43. The molecule has 1 unspecified atom stereocenters. The maximum Gasteiger partial charge on any atom is 0.259 e. The van der Waals surface area contributed by atoms with Gasteiger partial charge in [-0.05, 0) is 38.5 Å². The second-order valence-corrected chi connectivity index (χ2v) is 9.51. The lowest BCUT2D eigenvalue weighted by atomic mass is 10.2. The minimum Gasteiger partial charge on any atom is -0.488 e. The normalized spacial score (nSPS) is 23.9. The van der Waals surface area contributed by atoms with Crippen LogP contribution in [0.4, 0.5) is 15.9 Å². The average Bonchev–Trinajstić information content (AvgIpc) is 3.32. The average molecular weight is 459 g/mol. The zero-order valence-corrected chi connectivity index (χ0v) is 18.7. The highest BCUT2D eigenvalue weighted by molar-refractivity contribution is 7.20. The summed E-state index contributed by atoms with van der Waals surface area (Å²) in [5.74, 6) is -0.658. The molecule has 1 aliphatic carbocycles. The zero-order valence-electron chi connectivity index (χ0n) is 17.8. The van der Waals surface area contributed by atoms with E-state index in [0.717, 1.165) is 0 Å². The molecule has 8 nitrogen and oxygen atoms in total. The Bertz CT molecular complexity index is 1200. The maximum absolute atomic E-state index is 14.1. The van der Waals surface area contributed by atoms with Crippen molar-refractivity contribution in [2.24, 2.45) is 5.73 Å². The Balaban J connectivity index is 1.42. The molecule has 3 aromatic rings. The number of primary amides is 1. The number of anilines is 2. The molecule has 168 valence electrons. The Kier molecular flexibility index (Phi) is 5.03. The lowest BCUT2D eigenvalue weighted by Crippen LogP contribution is -2.25. The molecular weight excluding hydrogens is 435 g/mol. The number of aromatic nitrogens is 2. The highest BCUT2D eigenvalue weighted by Gasteiger charge is 2.48. The third kappa shape index (κ3) is 3.78. The topological polar surface area (TPSA) is 109 Å². The Hall–Kier alpha value is -2.82. The third-order valence-corrected chi connectivity index (χ3v) is 6.93. The second kappa shape index (κ2) is 7.65. The molecule has 3 heterocycles. The van der Waals surface area contributed by atoms with Gasteiger partial charge in [0.25, 0.3) is 5.91 Å². The summed E-state index contributed by atoms with van der Waals surface area (Å²) in [5.41, 5.74) is 6.74. The van der Waals surface area contributed by atoms with Gasteiger partial charge in [-0.3, -0.25) is 4.79 Å². The molecule has 3 N–H and O–H groups in total. The van der Waals surface area contributed by atoms with Crippen LogP contribution < -0.4 is 15.8 Å². The highest BCUT2D eigenvalue weighted by Crippen LogP contribution is 2.41. The van der Waals surface area contributed by atoms with E-state index in [9.17, 15) is 9.18 Å². The summed E-state index contributed by atoms with van der Waals surface area (Å²) in [5, 5.41) is 3.92. The number of halogens is 1. The SMILES string of the molecule is Cc1c(C(N)=O)sc2ncnc(Nc3ccc(F)cc3OC3C[C@@H]4OC(C)(C)O[C@@H]4C3)c12. The fourth-order valence-electron chi connectivity index (χ4n) is 4.42. The summed E-state index contributed by atoms with van der Waals surface area (Å²) in [6, 6.07) is 4.29. The molecule has 2 fully saturated rings. The Morgan fingerprint density at radius 1 is 1.28 bits per heavy atom. The van der Waals surface area contributed by atoms with Gasteiger partial charge in [-0.1, -0.05) is 0 Å². The minimum absolute atomic E-state index is 0.0397. The quantitative estimate of drug-likeness (QED) is 0.594. The van der Waals surface area contributed by atoms with Crippen molar-refractivity contribution in [1.82, 2.24) is 9.97 Å². The third-order valence-electron chi connectivity index (χ3n) is 5.72. The summed E-state index contributed by atoms with van der Waals surface area (Å²) in [6.45, 7) is 5.59. The van der Waals surface area contributed by atoms with E-state index in [0.29, 0.717) is 50.8 Å². The predicted octanol–water partition coefficient (Wildman–Crippen LogP) is 4.04. The van der Waals surface area contributed by atoms with Crippen molar-refractivity contribution < 1.29 is 23.4 Å². The largest absolute Gasteiger partial charge is 0.488 e. The Morgan fingerprint density at radius 3 is 2.69 bits per heavy atom. The van der Waals surface area contributed by atoms with Crippen LogP contribution >= 0.6 is 11.3 Å². The van der Waals surface area contributed by atoms with Crippen molar-refractivity contribution in [3.8, 4) is 5.75 Å². The molecule has 0 bridgehead atoms. The molecule has 2 aliphatic rings. The van der Waals surface area contributed by atoms with E-state index in [1.54, 1.807) is 13.0 Å². The number of carbonyl (C=O) groups excluding carboxylic acids is 1. The van der Waals surface area contributed by atoms with Gasteiger partial charge in [0.2, 0.25) is 0 Å². The first-order chi connectivity index (χ1) is 15.2. The lowest BCUT2D eigenvalue weighted by molar-refractivity contribution is -0.155. The summed E-state index contributed by atoms with van der Waals surface area (Å²) in [7, 11) is 0. The molecule has 5 rings (SSSR count). The van der Waals surface area contributed by atoms with E-state index in [1.165, 1.54) is 29.8 Å². The van der Waals surface area contributed by atoms with E-state index in [2.05, 4.69) is 15.3 Å². The number of benzene rings is 1. The Labute approximate surface area is 187 Å². The van der Waals surface area contributed by atoms with Gasteiger partial charge >= 0.3 is 0 Å². The van der Waals surface area contributed by atoms with Crippen LogP contribution in [0.15, 0.2) is 24.5 Å². The van der Waals surface area contributed by atoms with Crippen LogP contribution in [0, 0.1) is 12.7 Å². The number of ether oxygens (including phenoxy) is 3. The van der Waals surface area contributed by atoms with Gasteiger partial charge in [-0.25, -0.2) is 14.4 Å². The van der Waals surface area contributed by atoms with Crippen LogP contribution in [0.25, 0.3) is 10.2 Å². The van der Waals surface area contributed by atoms with Gasteiger partial charge in [0.05, 0.1) is 28.2 Å². The number of fused-ring (bicyclic) bond motifs is 2. The molecule has 0 spiro atoms. The van der Waals surface area contributed by atoms with E-state index >= 15 is 0 Å². The van der Waals surface area contributed by atoms with Gasteiger partial charge in [-0.15, -0.1) is 11.3 Å². The van der Waals surface area contributed by atoms with E-state index in [-0.39, 0.29) is 18.3 Å². The van der Waals surface area contributed by atoms with Crippen molar-refractivity contribution in [3.05, 3.63) is 40.8 Å². The smallest absolute Gasteiger partial charge is 0.259 e. The van der Waals surface area contributed by atoms with E-state index in [1.807, 2.05) is 13.8 Å². The van der Waals surface area contributed by atoms with Gasteiger partial charge in [-0.2, -0.15) is 0 Å². The van der Waals surface area contributed by atoms with Crippen molar-refractivity contribution in [3.63, 3.8) is 0 Å². The minimum atomic E-state index is -0.591. The first-order valence-corrected chi connectivity index (χ1v) is 11.1. The number of rotatable bonds is 5. The predicted molar refractivity (Wildman–Crippen MR) is 118 cm³/mol. The van der Waals surface area contributed by atoms with Crippen molar-refractivity contribution in [2.75, 3.05) is 5.32 Å². The van der Waals surface area contributed by atoms with Crippen LogP contribution in [-0.4, -0.2) is 40.0 Å². The number of aryl methyl sites for hydroxylation is 1. The number of carbonyl (C=O) groups is 1. The van der Waals surface area contributed by atoms with Crippen molar-refractivity contribution in [1.29, 1.82) is 0 Å². The molecule has 1 saturated carbocycles. The van der Waals surface area contributed by atoms with Gasteiger partial charge in [0, 0.05) is 18.9 Å². The number of nitrogens with two attached hydrogens (primary N) is 1. The van der Waals surface area contributed by atoms with Crippen molar-refractivity contribution in [2.45, 2.75) is 57.7 Å². The van der Waals surface area contributed by atoms with E-state index < -0.39 is 17.5 Å². The summed E-state index contributed by atoms with van der Waals surface area (Å²) < 4.78 is 32.1. The van der Waals surface area contributed by atoms with Crippen LogP contribution in [0.5, 0.6) is 5.75 Å². The zero-order chi connectivity index (χ0) is 22.6. The van der Waals surface area contributed by atoms with Crippen LogP contribution in [-0.2, 0) is 9.47 Å². The number of hydrogen-bond acceptors (Lipinski definition) is 8. The van der Waals surface area contributed by atoms with E-state index in [4.69, 9.17) is 19.9 Å². The number of nitrogens with one attached hydrogen (secondary N) is 1. The van der Waals surface area contributed by atoms with Crippen LogP contribution in [0.1, 0.15) is 41.9 Å². The summed E-state index contributed by atoms with van der Waals surface area (Å²) in [4.78, 5) is 21.4. The van der Waals surface area contributed by atoms with Gasteiger partial charge < -0.3 is 25.3 Å². The van der Waals surface area contributed by atoms with Crippen molar-refractivity contribution >= 4 is 39.0 Å². The summed E-state index contributed by atoms with van der Waals surface area (Å²) in [6.07, 6.45) is 2.48. The monoisotopic (exact) mass is 458 g/mol. The molecule has 32 heavy (non-hydrogen) atoms. The molecule has 3 atom stereocenters. The lowest BCUT2D eigenvalue weighted by Gasteiger charge is -2.22. The Morgan fingerprint density at radius 2 is 2.00 bits per heavy atom. The first-order valence-electron chi connectivity index (χ1n) is 10.3. The van der Waals surface area contributed by atoms with Crippen LogP contribution in [0.3, 0.4) is 0 Å². The standard InChI is InChI=1S/C22H23FN4O4S/c1-10-17-20(25-9-26-21(17)32-18(10)19(24)28)27-13-5-4-11(23)6-14(13)29-12-7-15-16(8-12)31-22(2,3)30-15/h4-6,9,12,15-16H,7-8H2,1-3H3,(H2,24,28)(H,25,26,27)/t12?,15-,16+. The number of thiophene rings is 1.